The molecule has 0 bridgehead atoms. The van der Waals surface area contributed by atoms with Crippen molar-refractivity contribution < 1.29 is 48.5 Å². The molecular formula is C43H71N5O10. The summed E-state index contributed by atoms with van der Waals surface area (Å²) in [5.41, 5.74) is -0.00872. The molecule has 7 N–H and O–H groups in total. The lowest BCUT2D eigenvalue weighted by atomic mass is 9.84. The van der Waals surface area contributed by atoms with Crippen LogP contribution in [-0.4, -0.2) is 101 Å². The molecule has 0 spiro atoms. The lowest BCUT2D eigenvalue weighted by molar-refractivity contribution is -0.144. The molecule has 1 aliphatic carbocycles. The van der Waals surface area contributed by atoms with Crippen molar-refractivity contribution in [2.24, 2.45) is 17.8 Å². The van der Waals surface area contributed by atoms with Crippen LogP contribution < -0.4 is 26.6 Å². The Labute approximate surface area is 344 Å². The Morgan fingerprint density at radius 2 is 1.24 bits per heavy atom. The second kappa shape index (κ2) is 24.6. The topological polar surface area (TPSA) is 221 Å². The monoisotopic (exact) mass is 818 g/mol. The van der Waals surface area contributed by atoms with Crippen LogP contribution >= 0.6 is 0 Å². The fraction of sp³-hybridized carbons (Fsp3) is 0.721. The summed E-state index contributed by atoms with van der Waals surface area (Å²) in [5, 5.41) is 35.8. The van der Waals surface area contributed by atoms with Crippen LogP contribution in [0.25, 0.3) is 0 Å². The van der Waals surface area contributed by atoms with Gasteiger partial charge in [-0.1, -0.05) is 90.1 Å². The van der Waals surface area contributed by atoms with Crippen molar-refractivity contribution in [3.8, 4) is 0 Å². The first kappa shape index (κ1) is 49.9. The maximum Gasteiger partial charge on any atom is 0.408 e. The smallest absolute Gasteiger partial charge is 0.408 e. The number of hydrogen-bond acceptors (Lipinski definition) is 10. The standard InChI is InChI=1S/C43H71N5O10/c1-26(2)20-31(35(49)24-37(51)44-28(5)39(53)45-32(21-27(3)4)36(50)25-38(52)57-9)46-40(54)33(22-29-16-12-10-13-17-29)47-41(55)34(23-30-18-14-11-15-19-30)48-42(56)58-43(6,7)8/h11,14-15,18-19,26-29,31-36,49-50H,10,12-13,16-17,20-25H2,1-9H3,(H,44,51)(H,45,53)(H,46,54)(H,47,55)(H,48,56)/t28-,31-,32-,33-,34-,35-,36-/m0/s1. The number of rotatable bonds is 22. The first-order valence-corrected chi connectivity index (χ1v) is 20.8. The number of esters is 1. The Morgan fingerprint density at radius 3 is 1.78 bits per heavy atom. The van der Waals surface area contributed by atoms with Gasteiger partial charge in [0.25, 0.3) is 0 Å². The predicted octanol–water partition coefficient (Wildman–Crippen LogP) is 3.82. The van der Waals surface area contributed by atoms with Crippen LogP contribution in [0.1, 0.15) is 125 Å². The molecule has 5 amide bonds. The third kappa shape index (κ3) is 19.5. The van der Waals surface area contributed by atoms with Crippen molar-refractivity contribution in [2.75, 3.05) is 7.11 Å². The highest BCUT2D eigenvalue weighted by atomic mass is 16.6. The molecule has 0 unspecified atom stereocenters. The van der Waals surface area contributed by atoms with Crippen LogP contribution in [0.4, 0.5) is 4.79 Å². The van der Waals surface area contributed by atoms with Gasteiger partial charge in [0.05, 0.1) is 44.2 Å². The SMILES string of the molecule is COC(=O)C[C@H](O)[C@H](CC(C)C)NC(=O)[C@H](C)NC(=O)C[C@H](O)[C@H](CC(C)C)NC(=O)[C@H](CC1CCCCC1)NC(=O)[C@H](Cc1ccccc1)NC(=O)OC(C)(C)C. The largest absolute Gasteiger partial charge is 0.469 e. The Hall–Kier alpha value is -4.24. The van der Waals surface area contributed by atoms with Gasteiger partial charge < -0.3 is 46.3 Å². The molecule has 2 rings (SSSR count). The van der Waals surface area contributed by atoms with E-state index in [2.05, 4.69) is 31.3 Å². The van der Waals surface area contributed by atoms with E-state index < -0.39 is 90.1 Å². The molecule has 15 heteroatoms. The Bertz CT molecular complexity index is 1460. The molecular weight excluding hydrogens is 746 g/mol. The van der Waals surface area contributed by atoms with E-state index in [1.165, 1.54) is 14.0 Å². The summed E-state index contributed by atoms with van der Waals surface area (Å²) < 4.78 is 10.1. The molecule has 1 aromatic rings. The van der Waals surface area contributed by atoms with Gasteiger partial charge in [-0.2, -0.15) is 0 Å². The summed E-state index contributed by atoms with van der Waals surface area (Å²) in [6.07, 6.45) is 2.03. The van der Waals surface area contributed by atoms with Crippen molar-refractivity contribution in [1.82, 2.24) is 26.6 Å². The van der Waals surface area contributed by atoms with Crippen molar-refractivity contribution in [3.63, 3.8) is 0 Å². The number of methoxy groups -OCH3 is 1. The van der Waals surface area contributed by atoms with Gasteiger partial charge in [-0.05, 0) is 70.3 Å². The van der Waals surface area contributed by atoms with E-state index in [0.29, 0.717) is 19.3 Å². The second-order valence-corrected chi connectivity index (χ2v) is 17.6. The van der Waals surface area contributed by atoms with Crippen LogP contribution in [0.5, 0.6) is 0 Å². The predicted molar refractivity (Wildman–Crippen MR) is 220 cm³/mol. The van der Waals surface area contributed by atoms with E-state index in [0.717, 1.165) is 37.7 Å². The number of nitrogens with one attached hydrogen (secondary N) is 5. The Kier molecular flexibility index (Phi) is 21.2. The van der Waals surface area contributed by atoms with E-state index in [4.69, 9.17) is 4.74 Å². The van der Waals surface area contributed by atoms with Crippen LogP contribution in [-0.2, 0) is 39.9 Å². The highest BCUT2D eigenvalue weighted by Gasteiger charge is 2.34. The van der Waals surface area contributed by atoms with E-state index in [-0.39, 0.29) is 30.6 Å². The van der Waals surface area contributed by atoms with Gasteiger partial charge in [0.2, 0.25) is 23.6 Å². The van der Waals surface area contributed by atoms with Gasteiger partial charge in [-0.3, -0.25) is 24.0 Å². The molecule has 1 saturated carbocycles. The van der Waals surface area contributed by atoms with E-state index in [1.54, 1.807) is 20.8 Å². The number of aliphatic hydroxyl groups excluding tert-OH is 2. The third-order valence-corrected chi connectivity index (χ3v) is 10.0. The summed E-state index contributed by atoms with van der Waals surface area (Å²) in [6.45, 7) is 14.3. The second-order valence-electron chi connectivity index (χ2n) is 17.6. The number of carbonyl (C=O) groups is 6. The first-order valence-electron chi connectivity index (χ1n) is 20.8. The number of amides is 5. The summed E-state index contributed by atoms with van der Waals surface area (Å²) in [6, 6.07) is 4.43. The summed E-state index contributed by atoms with van der Waals surface area (Å²) in [5.74, 6) is -2.69. The number of alkyl carbamates (subject to hydrolysis) is 1. The van der Waals surface area contributed by atoms with Gasteiger partial charge in [-0.25, -0.2) is 4.79 Å². The quantitative estimate of drug-likeness (QED) is 0.0839. The van der Waals surface area contributed by atoms with Crippen LogP contribution in [0, 0.1) is 17.8 Å². The molecule has 0 aliphatic heterocycles. The van der Waals surface area contributed by atoms with Crippen LogP contribution in [0.2, 0.25) is 0 Å². The minimum atomic E-state index is -1.34. The summed E-state index contributed by atoms with van der Waals surface area (Å²) in [4.78, 5) is 79.1. The van der Waals surface area contributed by atoms with Crippen molar-refractivity contribution >= 4 is 35.7 Å². The molecule has 328 valence electrons. The normalized spacial score (nSPS) is 17.1. The molecule has 0 saturated heterocycles. The average molecular weight is 818 g/mol. The van der Waals surface area contributed by atoms with E-state index >= 15 is 0 Å². The lowest BCUT2D eigenvalue weighted by Gasteiger charge is -2.31. The van der Waals surface area contributed by atoms with Crippen molar-refractivity contribution in [2.45, 2.75) is 174 Å². The van der Waals surface area contributed by atoms with Crippen molar-refractivity contribution in [1.29, 1.82) is 0 Å². The highest BCUT2D eigenvalue weighted by Crippen LogP contribution is 2.28. The molecule has 1 aliphatic rings. The molecule has 0 radical (unpaired) electrons. The van der Waals surface area contributed by atoms with Gasteiger partial charge >= 0.3 is 12.1 Å². The number of ether oxygens (including phenoxy) is 2. The highest BCUT2D eigenvalue weighted by molar-refractivity contribution is 5.92. The minimum Gasteiger partial charge on any atom is -0.469 e. The lowest BCUT2D eigenvalue weighted by Crippen LogP contribution is -2.57. The maximum absolute atomic E-state index is 14.2. The number of hydrogen-bond donors (Lipinski definition) is 7. The van der Waals surface area contributed by atoms with Gasteiger partial charge in [0.15, 0.2) is 0 Å². The molecule has 0 aromatic heterocycles. The zero-order chi connectivity index (χ0) is 43.6. The molecule has 15 nitrogen and oxygen atoms in total. The maximum atomic E-state index is 14.2. The third-order valence-electron chi connectivity index (χ3n) is 10.0. The summed E-state index contributed by atoms with van der Waals surface area (Å²) >= 11 is 0. The minimum absolute atomic E-state index is 0.00156. The molecule has 58 heavy (non-hydrogen) atoms. The first-order chi connectivity index (χ1) is 27.2. The fourth-order valence-electron chi connectivity index (χ4n) is 7.09. The molecule has 7 atom stereocenters. The Morgan fingerprint density at radius 1 is 0.707 bits per heavy atom. The molecule has 1 fully saturated rings. The van der Waals surface area contributed by atoms with E-state index in [9.17, 15) is 39.0 Å². The summed E-state index contributed by atoms with van der Waals surface area (Å²) in [7, 11) is 1.21. The van der Waals surface area contributed by atoms with Crippen molar-refractivity contribution in [3.05, 3.63) is 35.9 Å². The zero-order valence-corrected chi connectivity index (χ0v) is 36.1. The molecule has 1 aromatic carbocycles. The van der Waals surface area contributed by atoms with Crippen LogP contribution in [0.15, 0.2) is 30.3 Å². The number of benzene rings is 1. The number of carbonyl (C=O) groups excluding carboxylic acids is 6. The number of aliphatic hydroxyl groups is 2. The van der Waals surface area contributed by atoms with Crippen LogP contribution in [0.3, 0.4) is 0 Å². The fourth-order valence-corrected chi connectivity index (χ4v) is 7.09. The molecule has 0 heterocycles. The Balaban J connectivity index is 2.23. The van der Waals surface area contributed by atoms with Gasteiger partial charge in [0, 0.05) is 6.42 Å². The van der Waals surface area contributed by atoms with Gasteiger partial charge in [-0.15, -0.1) is 0 Å². The van der Waals surface area contributed by atoms with Gasteiger partial charge in [0.1, 0.15) is 23.7 Å². The van der Waals surface area contributed by atoms with E-state index in [1.807, 2.05) is 58.0 Å². The average Bonchev–Trinajstić information content (AvgIpc) is 3.13. The zero-order valence-electron chi connectivity index (χ0n) is 36.1.